The summed E-state index contributed by atoms with van der Waals surface area (Å²) in [5, 5.41) is 0. The highest BCUT2D eigenvalue weighted by Gasteiger charge is 1.89. The maximum Gasteiger partial charge on any atom is 0.164 e. The molecule has 1 N–H and O–H groups in total. The Kier molecular flexibility index (Phi) is 3.54. The fraction of sp³-hybridized carbons (Fsp3) is 0.250. The lowest BCUT2D eigenvalue weighted by Gasteiger charge is -1.81. The summed E-state index contributed by atoms with van der Waals surface area (Å²) in [6, 6.07) is 0.337. The van der Waals surface area contributed by atoms with Crippen molar-refractivity contribution < 1.29 is 9.59 Å². The van der Waals surface area contributed by atoms with Crippen LogP contribution in [0.3, 0.4) is 0 Å². The first-order valence-electron chi connectivity index (χ1n) is 2.07. The summed E-state index contributed by atoms with van der Waals surface area (Å²) in [6.45, 7) is 3.24. The van der Waals surface area contributed by atoms with Gasteiger partial charge in [-0.25, -0.2) is 0 Å². The Morgan fingerprint density at radius 1 is 2.00 bits per heavy atom. The van der Waals surface area contributed by atoms with Crippen LogP contribution >= 0.6 is 0 Å². The van der Waals surface area contributed by atoms with Crippen molar-refractivity contribution in [1.82, 2.24) is 0 Å². The van der Waals surface area contributed by atoms with Crippen LogP contribution in [0.4, 0.5) is 0 Å². The van der Waals surface area contributed by atoms with Crippen LogP contribution in [0.15, 0.2) is 12.7 Å². The molecule has 0 saturated carbocycles. The first kappa shape index (κ1) is 6.59. The van der Waals surface area contributed by atoms with Crippen LogP contribution in [-0.4, -0.2) is 20.3 Å². The van der Waals surface area contributed by atoms with Gasteiger partial charge in [-0.15, -0.1) is 0 Å². The quantitative estimate of drug-likeness (QED) is 0.388. The fourth-order valence-electron chi connectivity index (χ4n) is 0.212. The zero-order valence-corrected chi connectivity index (χ0v) is 5.47. The SMILES string of the molecule is C=CC(=O)C[SiH2]O. The van der Waals surface area contributed by atoms with E-state index in [1.807, 2.05) is 0 Å². The zero-order valence-electron chi connectivity index (χ0n) is 4.05. The van der Waals surface area contributed by atoms with Crippen LogP contribution in [0, 0.1) is 0 Å². The fourth-order valence-corrected chi connectivity index (χ4v) is 0.637. The van der Waals surface area contributed by atoms with E-state index in [0.29, 0.717) is 6.04 Å². The Labute approximate surface area is 44.8 Å². The predicted octanol–water partition coefficient (Wildman–Crippen LogP) is -0.764. The molecule has 0 aromatic rings. The van der Waals surface area contributed by atoms with Gasteiger partial charge in [0, 0.05) is 6.04 Å². The molecule has 0 bridgehead atoms. The number of hydrogen-bond acceptors (Lipinski definition) is 2. The Hall–Kier alpha value is -0.413. The molecule has 0 heterocycles. The lowest BCUT2D eigenvalue weighted by Crippen LogP contribution is -1.96. The minimum Gasteiger partial charge on any atom is -0.438 e. The molecule has 0 atom stereocenters. The number of allylic oxidation sites excluding steroid dienone is 1. The Morgan fingerprint density at radius 2 is 2.57 bits per heavy atom. The molecule has 0 fully saturated rings. The van der Waals surface area contributed by atoms with Crippen molar-refractivity contribution in [2.75, 3.05) is 0 Å². The van der Waals surface area contributed by atoms with E-state index < -0.39 is 9.76 Å². The molecule has 2 nitrogen and oxygen atoms in total. The maximum atomic E-state index is 10.2. The third kappa shape index (κ3) is 3.42. The van der Waals surface area contributed by atoms with Gasteiger partial charge in [0.05, 0.1) is 0 Å². The lowest BCUT2D eigenvalue weighted by molar-refractivity contribution is -0.112. The summed E-state index contributed by atoms with van der Waals surface area (Å²) in [7, 11) is -1.07. The Morgan fingerprint density at radius 3 is 2.71 bits per heavy atom. The van der Waals surface area contributed by atoms with Gasteiger partial charge >= 0.3 is 0 Å². The van der Waals surface area contributed by atoms with Crippen LogP contribution in [0.25, 0.3) is 0 Å². The van der Waals surface area contributed by atoms with Gasteiger partial charge in [0.25, 0.3) is 0 Å². The van der Waals surface area contributed by atoms with Gasteiger partial charge in [0.2, 0.25) is 0 Å². The number of carbonyl (C=O) groups is 1. The highest BCUT2D eigenvalue weighted by molar-refractivity contribution is 6.34. The molecule has 0 aromatic heterocycles. The summed E-state index contributed by atoms with van der Waals surface area (Å²) in [4.78, 5) is 18.4. The highest BCUT2D eigenvalue weighted by atomic mass is 28.2. The lowest BCUT2D eigenvalue weighted by atomic mass is 10.5. The maximum absolute atomic E-state index is 10.2. The van der Waals surface area contributed by atoms with Crippen LogP contribution in [-0.2, 0) is 4.79 Å². The van der Waals surface area contributed by atoms with E-state index in [2.05, 4.69) is 6.58 Å². The molecule has 7 heavy (non-hydrogen) atoms. The molecule has 40 valence electrons. The average Bonchev–Trinajstić information content (AvgIpc) is 1.68. The molecule has 0 aromatic carbocycles. The molecule has 0 unspecified atom stereocenters. The molecular weight excluding hydrogens is 108 g/mol. The van der Waals surface area contributed by atoms with Crippen LogP contribution in [0.2, 0.25) is 6.04 Å². The first-order chi connectivity index (χ1) is 3.31. The monoisotopic (exact) mass is 116 g/mol. The molecule has 0 amide bonds. The van der Waals surface area contributed by atoms with E-state index in [1.165, 1.54) is 6.08 Å². The molecule has 0 saturated heterocycles. The van der Waals surface area contributed by atoms with Crippen molar-refractivity contribution in [2.45, 2.75) is 6.04 Å². The van der Waals surface area contributed by atoms with Gasteiger partial charge in [-0.3, -0.25) is 4.79 Å². The molecule has 0 radical (unpaired) electrons. The number of ketones is 1. The third-order valence-electron chi connectivity index (χ3n) is 0.586. The van der Waals surface area contributed by atoms with Crippen molar-refractivity contribution >= 4 is 15.5 Å². The second kappa shape index (κ2) is 3.77. The zero-order chi connectivity index (χ0) is 5.70. The summed E-state index contributed by atoms with van der Waals surface area (Å²) < 4.78 is 0. The minimum absolute atomic E-state index is 0.0471. The third-order valence-corrected chi connectivity index (χ3v) is 1.30. The summed E-state index contributed by atoms with van der Waals surface area (Å²) in [5.74, 6) is -0.0471. The number of rotatable bonds is 3. The number of carbonyl (C=O) groups excluding carboxylic acids is 1. The van der Waals surface area contributed by atoms with Gasteiger partial charge in [-0.05, 0) is 6.08 Å². The number of hydrogen-bond donors (Lipinski definition) is 1. The molecule has 0 rings (SSSR count). The van der Waals surface area contributed by atoms with Crippen LogP contribution in [0.1, 0.15) is 0 Å². The van der Waals surface area contributed by atoms with Crippen molar-refractivity contribution in [3.63, 3.8) is 0 Å². The van der Waals surface area contributed by atoms with Crippen molar-refractivity contribution in [3.8, 4) is 0 Å². The summed E-state index contributed by atoms with van der Waals surface area (Å²) in [5.41, 5.74) is 0. The van der Waals surface area contributed by atoms with Gasteiger partial charge in [-0.2, -0.15) is 0 Å². The molecular formula is C4H8O2Si. The van der Waals surface area contributed by atoms with E-state index >= 15 is 0 Å². The Balaban J connectivity index is 3.17. The van der Waals surface area contributed by atoms with E-state index in [4.69, 9.17) is 4.80 Å². The van der Waals surface area contributed by atoms with Crippen molar-refractivity contribution in [2.24, 2.45) is 0 Å². The molecule has 0 aliphatic heterocycles. The largest absolute Gasteiger partial charge is 0.438 e. The van der Waals surface area contributed by atoms with Gasteiger partial charge in [0.1, 0.15) is 0 Å². The van der Waals surface area contributed by atoms with Gasteiger partial charge < -0.3 is 4.80 Å². The van der Waals surface area contributed by atoms with E-state index in [-0.39, 0.29) is 5.78 Å². The second-order valence-electron chi connectivity index (χ2n) is 1.14. The van der Waals surface area contributed by atoms with E-state index in [9.17, 15) is 4.79 Å². The highest BCUT2D eigenvalue weighted by Crippen LogP contribution is 1.78. The van der Waals surface area contributed by atoms with Crippen LogP contribution < -0.4 is 0 Å². The van der Waals surface area contributed by atoms with Gasteiger partial charge in [0.15, 0.2) is 15.5 Å². The van der Waals surface area contributed by atoms with Gasteiger partial charge in [-0.1, -0.05) is 6.58 Å². The van der Waals surface area contributed by atoms with E-state index in [1.54, 1.807) is 0 Å². The van der Waals surface area contributed by atoms with Crippen molar-refractivity contribution in [3.05, 3.63) is 12.7 Å². The topological polar surface area (TPSA) is 37.3 Å². The molecule has 0 spiro atoms. The second-order valence-corrected chi connectivity index (χ2v) is 2.09. The van der Waals surface area contributed by atoms with E-state index in [0.717, 1.165) is 0 Å². The minimum atomic E-state index is -1.07. The van der Waals surface area contributed by atoms with Crippen LogP contribution in [0.5, 0.6) is 0 Å². The smallest absolute Gasteiger partial charge is 0.164 e. The summed E-state index contributed by atoms with van der Waals surface area (Å²) in [6.07, 6.45) is 1.24. The molecule has 0 aliphatic carbocycles. The first-order valence-corrected chi connectivity index (χ1v) is 3.70. The Bertz CT molecular complexity index is 79.8. The predicted molar refractivity (Wildman–Crippen MR) is 30.8 cm³/mol. The standard InChI is InChI=1S/C4H8O2Si/c1-2-4(5)3-7-6/h2,6H,1,3,7H2. The summed E-state index contributed by atoms with van der Waals surface area (Å²) >= 11 is 0. The van der Waals surface area contributed by atoms with Crippen molar-refractivity contribution in [1.29, 1.82) is 0 Å². The average molecular weight is 116 g/mol. The molecule has 0 aliphatic rings. The molecule has 3 heteroatoms. The normalized spacial score (nSPS) is 9.86.